The van der Waals surface area contributed by atoms with E-state index in [1.165, 1.54) is 0 Å². The molecule has 1 aliphatic rings. The summed E-state index contributed by atoms with van der Waals surface area (Å²) in [6.07, 6.45) is 14.1. The molecule has 3 aromatic heterocycles. The van der Waals surface area contributed by atoms with E-state index in [0.717, 1.165) is 24.1 Å². The average Bonchev–Trinajstić information content (AvgIpc) is 3.08. The van der Waals surface area contributed by atoms with Crippen molar-refractivity contribution >= 4 is 23.5 Å². The highest BCUT2D eigenvalue weighted by Crippen LogP contribution is 2.39. The van der Waals surface area contributed by atoms with Gasteiger partial charge in [-0.05, 0) is 37.5 Å². The molecule has 0 radical (unpaired) electrons. The fourth-order valence-corrected chi connectivity index (χ4v) is 3.34. The zero-order valence-electron chi connectivity index (χ0n) is 15.8. The number of hydrogen-bond acceptors (Lipinski definition) is 6. The first-order chi connectivity index (χ1) is 13.7. The van der Waals surface area contributed by atoms with E-state index < -0.39 is 0 Å². The Balaban J connectivity index is 1.68. The highest BCUT2D eigenvalue weighted by Gasteiger charge is 2.33. The van der Waals surface area contributed by atoms with E-state index in [4.69, 9.17) is 4.98 Å². The van der Waals surface area contributed by atoms with E-state index in [9.17, 15) is 4.79 Å². The third-order valence-corrected chi connectivity index (χ3v) is 5.06. The number of aromatic nitrogens is 5. The maximum atomic E-state index is 12.6. The summed E-state index contributed by atoms with van der Waals surface area (Å²) in [6.45, 7) is 1.98. The molecule has 0 aromatic carbocycles. The molecule has 142 valence electrons. The molecule has 0 bridgehead atoms. The van der Waals surface area contributed by atoms with Crippen molar-refractivity contribution in [2.45, 2.75) is 25.7 Å². The number of nitrogens with one attached hydrogen (secondary N) is 1. The van der Waals surface area contributed by atoms with E-state index in [2.05, 4.69) is 25.1 Å². The summed E-state index contributed by atoms with van der Waals surface area (Å²) < 4.78 is 1.69. The third kappa shape index (κ3) is 3.28. The van der Waals surface area contributed by atoms with Gasteiger partial charge in [0.2, 0.25) is 0 Å². The Bertz CT molecular complexity index is 1140. The highest BCUT2D eigenvalue weighted by atomic mass is 16.1. The fraction of sp³-hybridized carbons (Fsp3) is 0.300. The predicted octanol–water partition coefficient (Wildman–Crippen LogP) is 2.59. The van der Waals surface area contributed by atoms with Gasteiger partial charge in [0.25, 0.3) is 5.56 Å². The first-order valence-electron chi connectivity index (χ1n) is 9.18. The first kappa shape index (κ1) is 18.0. The molecule has 8 nitrogen and oxygen atoms in total. The molecule has 1 aliphatic carbocycles. The smallest absolute Gasteiger partial charge is 0.262 e. The lowest BCUT2D eigenvalue weighted by Gasteiger charge is -2.32. The minimum absolute atomic E-state index is 0.146. The maximum Gasteiger partial charge on any atom is 0.262 e. The van der Waals surface area contributed by atoms with E-state index in [1.807, 2.05) is 19.2 Å². The van der Waals surface area contributed by atoms with Crippen LogP contribution in [0.1, 0.15) is 30.1 Å². The number of allylic oxidation sites excluding steroid dienone is 1. The van der Waals surface area contributed by atoms with Crippen LogP contribution in [0.4, 0.5) is 0 Å². The van der Waals surface area contributed by atoms with E-state index in [0.29, 0.717) is 16.9 Å². The van der Waals surface area contributed by atoms with Crippen molar-refractivity contribution in [1.82, 2.24) is 24.7 Å². The monoisotopic (exact) mass is 375 g/mol. The fourth-order valence-electron chi connectivity index (χ4n) is 3.34. The van der Waals surface area contributed by atoms with Gasteiger partial charge in [-0.3, -0.25) is 19.8 Å². The summed E-state index contributed by atoms with van der Waals surface area (Å²) in [7, 11) is 1.71. The Morgan fingerprint density at radius 3 is 2.96 bits per heavy atom. The van der Waals surface area contributed by atoms with Gasteiger partial charge < -0.3 is 4.98 Å². The number of hydrogen-bond donors (Lipinski definition) is 1. The minimum Gasteiger partial charge on any atom is -0.310 e. The largest absolute Gasteiger partial charge is 0.310 e. The maximum absolute atomic E-state index is 12.6. The molecule has 0 amide bonds. The Morgan fingerprint density at radius 2 is 2.21 bits per heavy atom. The number of aryl methyl sites for hydroxylation is 1. The van der Waals surface area contributed by atoms with Gasteiger partial charge in [-0.2, -0.15) is 5.10 Å². The SMILES string of the molecule is CN=C/C=C\N=C[C@@H]1CC[C@H]1c1nc2c(cnn2-c2cnccc2C)c(=O)[nH]1. The van der Waals surface area contributed by atoms with Crippen LogP contribution in [0, 0.1) is 12.8 Å². The lowest BCUT2D eigenvalue weighted by molar-refractivity contribution is 0.331. The van der Waals surface area contributed by atoms with Crippen LogP contribution in [0.3, 0.4) is 0 Å². The number of H-pyrrole nitrogens is 1. The Kier molecular flexibility index (Phi) is 4.92. The third-order valence-electron chi connectivity index (χ3n) is 5.06. The predicted molar refractivity (Wildman–Crippen MR) is 110 cm³/mol. The van der Waals surface area contributed by atoms with Crippen molar-refractivity contribution in [3.8, 4) is 5.69 Å². The van der Waals surface area contributed by atoms with Crippen LogP contribution in [0.25, 0.3) is 16.7 Å². The molecule has 28 heavy (non-hydrogen) atoms. The molecule has 0 saturated heterocycles. The van der Waals surface area contributed by atoms with Crippen molar-refractivity contribution < 1.29 is 0 Å². The molecule has 4 rings (SSSR count). The average molecular weight is 375 g/mol. The summed E-state index contributed by atoms with van der Waals surface area (Å²) in [4.78, 5) is 32.6. The van der Waals surface area contributed by atoms with Crippen molar-refractivity contribution in [3.05, 3.63) is 58.7 Å². The van der Waals surface area contributed by atoms with Crippen LogP contribution in [-0.2, 0) is 0 Å². The molecule has 0 spiro atoms. The summed E-state index contributed by atoms with van der Waals surface area (Å²) in [5.41, 5.74) is 2.21. The molecule has 1 N–H and O–H groups in total. The van der Waals surface area contributed by atoms with Gasteiger partial charge in [-0.25, -0.2) is 9.67 Å². The second-order valence-electron chi connectivity index (χ2n) is 6.80. The van der Waals surface area contributed by atoms with E-state index >= 15 is 0 Å². The number of aromatic amines is 1. The van der Waals surface area contributed by atoms with Crippen molar-refractivity contribution in [3.63, 3.8) is 0 Å². The van der Waals surface area contributed by atoms with Crippen molar-refractivity contribution in [2.75, 3.05) is 7.05 Å². The number of pyridine rings is 1. The first-order valence-corrected chi connectivity index (χ1v) is 9.18. The lowest BCUT2D eigenvalue weighted by atomic mass is 9.74. The summed E-state index contributed by atoms with van der Waals surface area (Å²) in [5, 5.41) is 4.85. The standard InChI is InChI=1S/C20H21N7O/c1-13-6-9-23-12-17(13)27-19-16(11-24-27)20(28)26-18(25-19)15-5-4-14(15)10-22-8-3-7-21-2/h3,6-12,14-15H,4-5H2,1-2H3,(H,25,26,28)/b8-3-,21-7?,22-10?/t14-,15+/m0/s1. The number of rotatable bonds is 5. The highest BCUT2D eigenvalue weighted by molar-refractivity contribution is 5.76. The second kappa shape index (κ2) is 7.67. The molecular weight excluding hydrogens is 354 g/mol. The molecule has 0 aliphatic heterocycles. The van der Waals surface area contributed by atoms with Gasteiger partial charge in [0.15, 0.2) is 5.65 Å². The Labute approximate surface area is 161 Å². The number of nitrogens with zero attached hydrogens (tertiary/aromatic N) is 6. The van der Waals surface area contributed by atoms with Crippen LogP contribution >= 0.6 is 0 Å². The molecule has 0 unspecified atom stereocenters. The minimum atomic E-state index is -0.172. The summed E-state index contributed by atoms with van der Waals surface area (Å²) >= 11 is 0. The number of fused-ring (bicyclic) bond motifs is 1. The van der Waals surface area contributed by atoms with Gasteiger partial charge >= 0.3 is 0 Å². The van der Waals surface area contributed by atoms with Crippen LogP contribution in [0.5, 0.6) is 0 Å². The molecular formula is C20H21N7O. The van der Waals surface area contributed by atoms with Crippen LogP contribution in [0.2, 0.25) is 0 Å². The summed E-state index contributed by atoms with van der Waals surface area (Å²) in [5.74, 6) is 1.08. The van der Waals surface area contributed by atoms with Crippen LogP contribution < -0.4 is 5.56 Å². The quantitative estimate of drug-likeness (QED) is 0.693. The number of aliphatic imine (C=N–C) groups is 2. The van der Waals surface area contributed by atoms with Crippen molar-refractivity contribution in [2.24, 2.45) is 15.9 Å². The van der Waals surface area contributed by atoms with Gasteiger partial charge in [-0.1, -0.05) is 0 Å². The molecule has 1 fully saturated rings. The zero-order chi connectivity index (χ0) is 19.5. The van der Waals surface area contributed by atoms with E-state index in [-0.39, 0.29) is 17.4 Å². The molecule has 3 heterocycles. The second-order valence-corrected chi connectivity index (χ2v) is 6.80. The van der Waals surface area contributed by atoms with Gasteiger partial charge in [-0.15, -0.1) is 0 Å². The van der Waals surface area contributed by atoms with Crippen LogP contribution in [-0.4, -0.2) is 44.2 Å². The molecule has 3 aromatic rings. The van der Waals surface area contributed by atoms with Gasteiger partial charge in [0, 0.05) is 43.7 Å². The van der Waals surface area contributed by atoms with E-state index in [1.54, 1.807) is 48.8 Å². The molecule has 1 saturated carbocycles. The van der Waals surface area contributed by atoms with Gasteiger partial charge in [0.1, 0.15) is 11.2 Å². The van der Waals surface area contributed by atoms with Gasteiger partial charge in [0.05, 0.1) is 18.1 Å². The normalized spacial score (nSPS) is 19.9. The lowest BCUT2D eigenvalue weighted by Crippen LogP contribution is -2.29. The summed E-state index contributed by atoms with van der Waals surface area (Å²) in [6, 6.07) is 1.91. The Hall–Kier alpha value is -3.42. The molecule has 2 atom stereocenters. The van der Waals surface area contributed by atoms with Crippen molar-refractivity contribution in [1.29, 1.82) is 0 Å². The topological polar surface area (TPSA) is 101 Å². The van der Waals surface area contributed by atoms with Crippen LogP contribution in [0.15, 0.2) is 51.7 Å². The zero-order valence-corrected chi connectivity index (χ0v) is 15.8. The Morgan fingerprint density at radius 1 is 1.32 bits per heavy atom. The molecule has 8 heteroatoms.